The summed E-state index contributed by atoms with van der Waals surface area (Å²) in [4.78, 5) is 28.2. The number of amides is 1. The summed E-state index contributed by atoms with van der Waals surface area (Å²) in [6.45, 7) is 0.131. The van der Waals surface area contributed by atoms with Crippen molar-refractivity contribution in [1.82, 2.24) is 10.3 Å². The maximum absolute atomic E-state index is 12.4. The molecule has 1 atom stereocenters. The van der Waals surface area contributed by atoms with Gasteiger partial charge in [0, 0.05) is 17.4 Å². The number of carboxylic acid groups (broad SMARTS) is 1. The fourth-order valence-electron chi connectivity index (χ4n) is 3.77. The molecule has 4 rings (SSSR count). The van der Waals surface area contributed by atoms with Gasteiger partial charge in [-0.15, -0.1) is 0 Å². The Morgan fingerprint density at radius 1 is 1.03 bits per heavy atom. The van der Waals surface area contributed by atoms with Crippen molar-refractivity contribution in [2.45, 2.75) is 17.7 Å². The van der Waals surface area contributed by atoms with Crippen molar-refractivity contribution in [3.05, 3.63) is 88.7 Å². The molecule has 1 aromatic heterocycles. The number of ether oxygens (including phenoxy) is 1. The molecule has 3 aromatic rings. The number of hydrogen-bond donors (Lipinski definition) is 2. The minimum Gasteiger partial charge on any atom is -0.480 e. The maximum Gasteiger partial charge on any atom is 0.407 e. The Kier molecular flexibility index (Phi) is 6.97. The average molecular weight is 469 g/mol. The molecule has 0 spiro atoms. The molecule has 8 heteroatoms. The first-order valence-electron chi connectivity index (χ1n) is 10.1. The van der Waals surface area contributed by atoms with Gasteiger partial charge >= 0.3 is 12.1 Å². The standard InChI is InChI=1S/C24H21ClN2O4S/c25-22-11-5-6-15(26-22)13-32-14-21(23(28)29)27-24(30)31-12-20-18-9-3-1-7-16(18)17-8-2-4-10-19(17)20/h1-11,20-21H,12-14H2,(H,27,30)(H,28,29). The summed E-state index contributed by atoms with van der Waals surface area (Å²) in [6, 6.07) is 20.3. The van der Waals surface area contributed by atoms with Gasteiger partial charge in [0.2, 0.25) is 0 Å². The van der Waals surface area contributed by atoms with Crippen molar-refractivity contribution < 1.29 is 19.4 Å². The van der Waals surface area contributed by atoms with Crippen molar-refractivity contribution in [3.8, 4) is 11.1 Å². The van der Waals surface area contributed by atoms with Crippen LogP contribution in [0.25, 0.3) is 11.1 Å². The van der Waals surface area contributed by atoms with Crippen molar-refractivity contribution in [3.63, 3.8) is 0 Å². The minimum absolute atomic E-state index is 0.0836. The summed E-state index contributed by atoms with van der Waals surface area (Å²) in [6.07, 6.45) is -0.749. The van der Waals surface area contributed by atoms with E-state index >= 15 is 0 Å². The highest BCUT2D eigenvalue weighted by Gasteiger charge is 2.29. The largest absolute Gasteiger partial charge is 0.480 e. The summed E-state index contributed by atoms with van der Waals surface area (Å²) in [5.74, 6) is -0.547. The van der Waals surface area contributed by atoms with Crippen LogP contribution in [0.3, 0.4) is 0 Å². The van der Waals surface area contributed by atoms with Crippen LogP contribution < -0.4 is 5.32 Å². The van der Waals surface area contributed by atoms with Crippen molar-refractivity contribution in [1.29, 1.82) is 0 Å². The third-order valence-corrected chi connectivity index (χ3v) is 6.52. The van der Waals surface area contributed by atoms with Crippen LogP contribution in [0.15, 0.2) is 66.7 Å². The SMILES string of the molecule is O=C(NC(CSCc1cccc(Cl)n1)C(=O)O)OCC1c2ccccc2-c2ccccc21. The van der Waals surface area contributed by atoms with Gasteiger partial charge in [-0.25, -0.2) is 14.6 Å². The van der Waals surface area contributed by atoms with E-state index in [0.29, 0.717) is 10.9 Å². The Morgan fingerprint density at radius 2 is 1.69 bits per heavy atom. The fourth-order valence-corrected chi connectivity index (χ4v) is 4.90. The molecular formula is C24H21ClN2O4S. The lowest BCUT2D eigenvalue weighted by Crippen LogP contribution is -2.43. The Hall–Kier alpha value is -3.03. The van der Waals surface area contributed by atoms with Crippen LogP contribution in [-0.4, -0.2) is 40.6 Å². The number of nitrogens with zero attached hydrogens (tertiary/aromatic N) is 1. The Labute approximate surface area is 195 Å². The Balaban J connectivity index is 1.34. The van der Waals surface area contributed by atoms with Gasteiger partial charge in [-0.1, -0.05) is 66.2 Å². The molecule has 0 bridgehead atoms. The Morgan fingerprint density at radius 3 is 2.31 bits per heavy atom. The van der Waals surface area contributed by atoms with Crippen LogP contribution >= 0.6 is 23.4 Å². The number of pyridine rings is 1. The minimum atomic E-state index is -1.12. The zero-order chi connectivity index (χ0) is 22.5. The number of carbonyl (C=O) groups excluding carboxylic acids is 1. The number of carbonyl (C=O) groups is 2. The van der Waals surface area contributed by atoms with E-state index in [2.05, 4.69) is 22.4 Å². The third-order valence-electron chi connectivity index (χ3n) is 5.24. The fraction of sp³-hybridized carbons (Fsp3) is 0.208. The second-order valence-electron chi connectivity index (χ2n) is 7.33. The lowest BCUT2D eigenvalue weighted by molar-refractivity contribution is -0.138. The number of aromatic nitrogens is 1. The highest BCUT2D eigenvalue weighted by Crippen LogP contribution is 2.44. The smallest absolute Gasteiger partial charge is 0.407 e. The van der Waals surface area contributed by atoms with Gasteiger partial charge in [0.15, 0.2) is 0 Å². The summed E-state index contributed by atoms with van der Waals surface area (Å²) >= 11 is 7.22. The zero-order valence-electron chi connectivity index (χ0n) is 17.0. The van der Waals surface area contributed by atoms with Crippen LogP contribution in [0.1, 0.15) is 22.7 Å². The molecule has 0 saturated heterocycles. The molecule has 1 heterocycles. The molecule has 1 aliphatic carbocycles. The number of hydrogen-bond acceptors (Lipinski definition) is 5. The van der Waals surface area contributed by atoms with Crippen LogP contribution in [-0.2, 0) is 15.3 Å². The Bertz CT molecular complexity index is 1090. The number of carboxylic acids is 1. The van der Waals surface area contributed by atoms with E-state index in [1.807, 2.05) is 42.5 Å². The number of halogens is 1. The van der Waals surface area contributed by atoms with Gasteiger partial charge < -0.3 is 15.2 Å². The van der Waals surface area contributed by atoms with Crippen molar-refractivity contribution >= 4 is 35.4 Å². The molecule has 2 aromatic carbocycles. The molecule has 0 saturated carbocycles. The quantitative estimate of drug-likeness (QED) is 0.454. The summed E-state index contributed by atoms with van der Waals surface area (Å²) in [5.41, 5.74) is 5.20. The molecule has 1 amide bonds. The molecule has 1 unspecified atom stereocenters. The van der Waals surface area contributed by atoms with E-state index < -0.39 is 18.1 Å². The summed E-state index contributed by atoms with van der Waals surface area (Å²) < 4.78 is 5.45. The maximum atomic E-state index is 12.4. The first-order valence-corrected chi connectivity index (χ1v) is 11.6. The molecule has 0 radical (unpaired) electrons. The first-order chi connectivity index (χ1) is 15.5. The van der Waals surface area contributed by atoms with Crippen LogP contribution in [0.4, 0.5) is 4.79 Å². The predicted molar refractivity (Wildman–Crippen MR) is 125 cm³/mol. The van der Waals surface area contributed by atoms with Gasteiger partial charge in [0.1, 0.15) is 17.8 Å². The van der Waals surface area contributed by atoms with Gasteiger partial charge in [-0.05, 0) is 34.4 Å². The molecule has 0 aliphatic heterocycles. The number of fused-ring (bicyclic) bond motifs is 3. The second kappa shape index (κ2) is 10.1. The predicted octanol–water partition coefficient (Wildman–Crippen LogP) is 4.96. The van der Waals surface area contributed by atoms with Gasteiger partial charge in [-0.3, -0.25) is 0 Å². The lowest BCUT2D eigenvalue weighted by Gasteiger charge is -2.17. The molecule has 32 heavy (non-hydrogen) atoms. The normalized spacial score (nSPS) is 13.2. The summed E-state index contributed by atoms with van der Waals surface area (Å²) in [5, 5.41) is 12.3. The topological polar surface area (TPSA) is 88.5 Å². The van der Waals surface area contributed by atoms with Crippen molar-refractivity contribution in [2.75, 3.05) is 12.4 Å². The average Bonchev–Trinajstić information content (AvgIpc) is 3.11. The van der Waals surface area contributed by atoms with Crippen LogP contribution in [0.2, 0.25) is 5.15 Å². The number of alkyl carbamates (subject to hydrolysis) is 1. The van der Waals surface area contributed by atoms with E-state index in [4.69, 9.17) is 16.3 Å². The third kappa shape index (κ3) is 5.06. The number of rotatable bonds is 8. The second-order valence-corrected chi connectivity index (χ2v) is 8.74. The van der Waals surface area contributed by atoms with E-state index in [1.54, 1.807) is 12.1 Å². The highest BCUT2D eigenvalue weighted by atomic mass is 35.5. The molecule has 1 aliphatic rings. The van der Waals surface area contributed by atoms with E-state index in [1.165, 1.54) is 11.8 Å². The first kappa shape index (κ1) is 22.2. The molecular weight excluding hydrogens is 448 g/mol. The lowest BCUT2D eigenvalue weighted by atomic mass is 9.98. The van der Waals surface area contributed by atoms with E-state index in [-0.39, 0.29) is 18.3 Å². The number of nitrogens with one attached hydrogen (secondary N) is 1. The van der Waals surface area contributed by atoms with Gasteiger partial charge in [-0.2, -0.15) is 11.8 Å². The van der Waals surface area contributed by atoms with Gasteiger partial charge in [0.25, 0.3) is 0 Å². The number of benzene rings is 2. The van der Waals surface area contributed by atoms with Crippen molar-refractivity contribution in [2.24, 2.45) is 0 Å². The highest BCUT2D eigenvalue weighted by molar-refractivity contribution is 7.98. The number of thioether (sulfide) groups is 1. The van der Waals surface area contributed by atoms with E-state index in [0.717, 1.165) is 27.9 Å². The number of aliphatic carboxylic acids is 1. The zero-order valence-corrected chi connectivity index (χ0v) is 18.6. The van der Waals surface area contributed by atoms with Crippen LogP contribution in [0.5, 0.6) is 0 Å². The molecule has 0 fully saturated rings. The molecule has 164 valence electrons. The van der Waals surface area contributed by atoms with Crippen LogP contribution in [0, 0.1) is 0 Å². The monoisotopic (exact) mass is 468 g/mol. The van der Waals surface area contributed by atoms with Gasteiger partial charge in [0.05, 0.1) is 5.69 Å². The molecule has 2 N–H and O–H groups in total. The molecule has 6 nitrogen and oxygen atoms in total. The van der Waals surface area contributed by atoms with E-state index in [9.17, 15) is 14.7 Å². The summed E-state index contributed by atoms with van der Waals surface area (Å²) in [7, 11) is 0.